The number of aromatic amines is 1. The molecule has 1 aliphatic heterocycles. The molecule has 3 aromatic carbocycles. The summed E-state index contributed by atoms with van der Waals surface area (Å²) in [5.74, 6) is 3.60. The molecule has 3 fully saturated rings. The summed E-state index contributed by atoms with van der Waals surface area (Å²) in [5, 5.41) is 42.1. The number of phenols is 2. The Kier molecular flexibility index (Phi) is 14.6. The molecule has 9 rings (SSSR count). The zero-order valence-electron chi connectivity index (χ0n) is 37.0. The number of hydrogen-bond acceptors (Lipinski definition) is 6. The summed E-state index contributed by atoms with van der Waals surface area (Å²) in [5.41, 5.74) is 4.88. The molecule has 0 radical (unpaired) electrons. The average Bonchev–Trinajstić information content (AvgIpc) is 3.80. The zero-order chi connectivity index (χ0) is 47.4. The summed E-state index contributed by atoms with van der Waals surface area (Å²) in [6.45, 7) is 9.34. The van der Waals surface area contributed by atoms with Gasteiger partial charge in [-0.3, -0.25) is 9.59 Å². The highest BCUT2D eigenvalue weighted by molar-refractivity contribution is 6.45. The summed E-state index contributed by atoms with van der Waals surface area (Å²) < 4.78 is 5.94. The van der Waals surface area contributed by atoms with Crippen molar-refractivity contribution in [2.24, 2.45) is 28.6 Å². The number of phenolic OH excluding ortho intramolecular Hbond substituents is 2. The molecule has 5 aliphatic rings. The number of aryl methyl sites for hydroxylation is 1. The maximum absolute atomic E-state index is 11.8. The number of aliphatic hydroxyl groups is 1. The summed E-state index contributed by atoms with van der Waals surface area (Å²) >= 11 is 35.7. The smallest absolute Gasteiger partial charge is 0.306 e. The number of para-hydroxylation sites is 1. The van der Waals surface area contributed by atoms with Gasteiger partial charge in [-0.25, -0.2) is 0 Å². The van der Waals surface area contributed by atoms with Gasteiger partial charge in [-0.15, -0.1) is 6.42 Å². The molecule has 0 bridgehead atoms. The Morgan fingerprint density at radius 1 is 0.877 bits per heavy atom. The lowest BCUT2D eigenvalue weighted by atomic mass is 9.46. The highest BCUT2D eigenvalue weighted by Crippen LogP contribution is 2.67. The first kappa shape index (κ1) is 49.8. The van der Waals surface area contributed by atoms with Gasteiger partial charge in [-0.1, -0.05) is 127 Å². The second-order valence-corrected chi connectivity index (χ2v) is 21.2. The van der Waals surface area contributed by atoms with Crippen molar-refractivity contribution in [2.45, 2.75) is 122 Å². The Balaban J connectivity index is 0.000000146. The van der Waals surface area contributed by atoms with E-state index in [2.05, 4.69) is 49.9 Å². The number of nitrogens with one attached hydrogen (secondary N) is 1. The minimum Gasteiger partial charge on any atom is -0.506 e. The van der Waals surface area contributed by atoms with Gasteiger partial charge in [0.15, 0.2) is 5.78 Å². The predicted octanol–water partition coefficient (Wildman–Crippen LogP) is 13.9. The zero-order valence-corrected chi connectivity index (χ0v) is 41.5. The molecule has 4 aromatic rings. The van der Waals surface area contributed by atoms with Gasteiger partial charge in [0, 0.05) is 40.3 Å². The number of aromatic hydroxyl groups is 2. The summed E-state index contributed by atoms with van der Waals surface area (Å²) in [6.07, 6.45) is 18.0. The van der Waals surface area contributed by atoms with Gasteiger partial charge in [-0.2, -0.15) is 0 Å². The molecule has 8 nitrogen and oxygen atoms in total. The number of terminal acetylenes is 1. The second kappa shape index (κ2) is 19.1. The number of ketones is 1. The number of aliphatic carboxylic acids is 1. The number of carboxylic acids is 1. The van der Waals surface area contributed by atoms with Gasteiger partial charge in [0.1, 0.15) is 22.7 Å². The Labute approximate surface area is 410 Å². The number of carbonyl (C=O) groups is 2. The molecule has 4 aliphatic carbocycles. The molecule has 1 aromatic heterocycles. The van der Waals surface area contributed by atoms with Gasteiger partial charge < -0.3 is 30.1 Å². The number of benzene rings is 3. The standard InChI is InChI=1S/C21H28O2.C17H21NO3.C13H6Cl6O2/c1-4-21(23)12-9-18-16-6-5-14-13-15(22)7-10-19(14,2)17(16)8-11-20(18,21)3;1-3-11-6-5-7-12-13-8-9-21-17(4-2,10-14(19)20)16(13)18-15(11)12;14-6-2-8(16)12(20)4(10(6)18)1-5-11(19)7(15)3-9(17)13(5)21/h1,13,16-18,23H,5-12H2,2-3H3;5-7,18H,3-4,8-10H2,1-2H3,(H,19,20);2-3,20-21H,1H2/t16-,17+,18+,19+,20+,21+;;/m1../s1. The third-order valence-electron chi connectivity index (χ3n) is 15.8. The van der Waals surface area contributed by atoms with Crippen LogP contribution in [0.1, 0.15) is 120 Å². The fourth-order valence-corrected chi connectivity index (χ4v) is 13.5. The van der Waals surface area contributed by atoms with Crippen molar-refractivity contribution < 1.29 is 34.8 Å². The van der Waals surface area contributed by atoms with E-state index >= 15 is 0 Å². The van der Waals surface area contributed by atoms with Crippen LogP contribution in [0.2, 0.25) is 30.1 Å². The fraction of sp³-hybridized carbons (Fsp3) is 0.490. The van der Waals surface area contributed by atoms with Crippen LogP contribution in [0.3, 0.4) is 0 Å². The summed E-state index contributed by atoms with van der Waals surface area (Å²) in [7, 11) is 0. The summed E-state index contributed by atoms with van der Waals surface area (Å²) in [6, 6.07) is 8.95. The lowest BCUT2D eigenvalue weighted by Crippen LogP contribution is -2.54. The third-order valence-corrected chi connectivity index (χ3v) is 18.0. The quantitative estimate of drug-likeness (QED) is 0.0957. The van der Waals surface area contributed by atoms with Crippen molar-refractivity contribution in [3.63, 3.8) is 0 Å². The number of halogens is 6. The van der Waals surface area contributed by atoms with Crippen LogP contribution in [-0.4, -0.2) is 49.4 Å². The van der Waals surface area contributed by atoms with Crippen molar-refractivity contribution in [3.05, 3.63) is 100 Å². The van der Waals surface area contributed by atoms with Crippen LogP contribution in [0.15, 0.2) is 42.0 Å². The predicted molar refractivity (Wildman–Crippen MR) is 261 cm³/mol. The highest BCUT2D eigenvalue weighted by Gasteiger charge is 2.63. The van der Waals surface area contributed by atoms with E-state index in [-0.39, 0.29) is 76.4 Å². The van der Waals surface area contributed by atoms with Crippen molar-refractivity contribution in [1.82, 2.24) is 4.98 Å². The van der Waals surface area contributed by atoms with Crippen molar-refractivity contribution in [2.75, 3.05) is 6.61 Å². The van der Waals surface area contributed by atoms with E-state index in [9.17, 15) is 30.0 Å². The highest BCUT2D eigenvalue weighted by atomic mass is 35.5. The Hall–Kier alpha value is -3.10. The fourth-order valence-electron chi connectivity index (χ4n) is 12.1. The van der Waals surface area contributed by atoms with E-state index in [0.29, 0.717) is 43.0 Å². The molecular formula is C51H55Cl6NO7. The van der Waals surface area contributed by atoms with Gasteiger partial charge in [0.05, 0.1) is 48.9 Å². The first-order valence-corrected chi connectivity index (χ1v) is 24.6. The lowest BCUT2D eigenvalue weighted by molar-refractivity contribution is -0.148. The van der Waals surface area contributed by atoms with Gasteiger partial charge in [0.25, 0.3) is 0 Å². The maximum atomic E-state index is 11.8. The number of carboxylic acid groups (broad SMARTS) is 1. The molecule has 1 unspecified atom stereocenters. The first-order chi connectivity index (χ1) is 30.7. The van der Waals surface area contributed by atoms with E-state index in [1.807, 2.05) is 13.0 Å². The van der Waals surface area contributed by atoms with Crippen LogP contribution in [0.25, 0.3) is 10.9 Å². The minimum absolute atomic E-state index is 0.00474. The van der Waals surface area contributed by atoms with Gasteiger partial charge >= 0.3 is 5.97 Å². The maximum Gasteiger partial charge on any atom is 0.306 e. The van der Waals surface area contributed by atoms with E-state index in [0.717, 1.165) is 62.6 Å². The molecular weight excluding hydrogens is 951 g/mol. The van der Waals surface area contributed by atoms with Crippen LogP contribution >= 0.6 is 69.6 Å². The van der Waals surface area contributed by atoms with E-state index in [1.165, 1.54) is 40.6 Å². The Bertz CT molecular complexity index is 2500. The monoisotopic (exact) mass is 1000 g/mol. The van der Waals surface area contributed by atoms with Gasteiger partial charge in [0.2, 0.25) is 0 Å². The number of rotatable bonds is 6. The van der Waals surface area contributed by atoms with Crippen LogP contribution in [0, 0.1) is 40.9 Å². The van der Waals surface area contributed by atoms with Crippen molar-refractivity contribution in [3.8, 4) is 23.8 Å². The second-order valence-electron chi connectivity index (χ2n) is 18.8. The number of hydrogen-bond donors (Lipinski definition) is 5. The number of aromatic nitrogens is 1. The SMILES string of the molecule is C#C[C@]1(O)CC[C@H]2[C@@H]3CCC4=CC(=O)CC[C@]4(C)[C@H]3CC[C@@]21C.CCc1cccc2c3c([nH]c12)C(CC)(CC(=O)O)OCC3.Oc1c(Cl)cc(Cl)c(Cl)c1Cc1c(O)c(Cl)cc(Cl)c1Cl. The number of H-pyrrole nitrogens is 1. The van der Waals surface area contributed by atoms with Crippen molar-refractivity contribution >= 4 is 92.3 Å². The Morgan fingerprint density at radius 2 is 1.51 bits per heavy atom. The third kappa shape index (κ3) is 8.81. The molecule has 0 amide bonds. The summed E-state index contributed by atoms with van der Waals surface area (Å²) in [4.78, 5) is 26.6. The number of allylic oxidation sites excluding steroid dienone is 1. The van der Waals surface area contributed by atoms with E-state index in [1.54, 1.807) is 0 Å². The molecule has 5 N–H and O–H groups in total. The molecule has 0 saturated heterocycles. The van der Waals surface area contributed by atoms with Crippen LogP contribution in [-0.2, 0) is 39.2 Å². The van der Waals surface area contributed by atoms with Crippen LogP contribution < -0.4 is 0 Å². The molecule has 14 heteroatoms. The lowest BCUT2D eigenvalue weighted by Gasteiger charge is -2.58. The molecule has 348 valence electrons. The largest absolute Gasteiger partial charge is 0.506 e. The van der Waals surface area contributed by atoms with Gasteiger partial charge in [-0.05, 0) is 117 Å². The normalized spacial score (nSPS) is 28.9. The topological polar surface area (TPSA) is 140 Å². The van der Waals surface area contributed by atoms with Crippen LogP contribution in [0.4, 0.5) is 0 Å². The number of carbonyl (C=O) groups excluding carboxylic acids is 1. The number of fused-ring (bicyclic) bond motifs is 8. The molecule has 0 spiro atoms. The minimum atomic E-state index is -0.914. The molecule has 2 heterocycles. The van der Waals surface area contributed by atoms with Crippen molar-refractivity contribution in [1.29, 1.82) is 0 Å². The number of ether oxygens (including phenoxy) is 1. The Morgan fingerprint density at radius 3 is 2.09 bits per heavy atom. The average molecular weight is 1010 g/mol. The molecule has 7 atom stereocenters. The van der Waals surface area contributed by atoms with Crippen LogP contribution in [0.5, 0.6) is 11.5 Å². The molecule has 65 heavy (non-hydrogen) atoms. The molecule has 3 saturated carbocycles. The first-order valence-electron chi connectivity index (χ1n) is 22.3. The van der Waals surface area contributed by atoms with E-state index in [4.69, 9.17) is 80.8 Å². The van der Waals surface area contributed by atoms with E-state index < -0.39 is 17.2 Å².